The number of carbonyl (C=O) groups is 1. The van der Waals surface area contributed by atoms with Crippen LogP contribution in [-0.2, 0) is 4.74 Å². The molecule has 0 aliphatic heterocycles. The summed E-state index contributed by atoms with van der Waals surface area (Å²) in [5.74, 6) is 0.0759. The first-order valence-electron chi connectivity index (χ1n) is 6.32. The Kier molecular flexibility index (Phi) is 4.39. The second-order valence-corrected chi connectivity index (χ2v) is 4.61. The van der Waals surface area contributed by atoms with Crippen LogP contribution in [0, 0.1) is 6.92 Å². The van der Waals surface area contributed by atoms with E-state index in [1.54, 1.807) is 29.2 Å². The molecule has 0 bridgehead atoms. The Balaban J connectivity index is 1.98. The summed E-state index contributed by atoms with van der Waals surface area (Å²) < 4.78 is 47.2. The van der Waals surface area contributed by atoms with Gasteiger partial charge in [0, 0.05) is 6.20 Å². The summed E-state index contributed by atoms with van der Waals surface area (Å²) in [4.78, 5) is 11.3. The molecule has 8 heteroatoms. The third-order valence-corrected chi connectivity index (χ3v) is 2.75. The molecule has 22 heavy (non-hydrogen) atoms. The van der Waals surface area contributed by atoms with Gasteiger partial charge in [0.25, 0.3) is 0 Å². The van der Waals surface area contributed by atoms with E-state index in [0.29, 0.717) is 0 Å². The number of aromatic nitrogens is 2. The van der Waals surface area contributed by atoms with Gasteiger partial charge in [0.1, 0.15) is 5.75 Å². The topological polar surface area (TPSA) is 53.4 Å². The number of rotatable bonds is 3. The van der Waals surface area contributed by atoms with Crippen LogP contribution in [0.2, 0.25) is 0 Å². The minimum atomic E-state index is -4.62. The Hall–Kier alpha value is -2.51. The van der Waals surface area contributed by atoms with Crippen molar-refractivity contribution in [1.82, 2.24) is 9.78 Å². The number of aryl methyl sites for hydroxylation is 1. The number of hydrogen-bond acceptors (Lipinski definition) is 4. The van der Waals surface area contributed by atoms with Crippen LogP contribution in [0.25, 0.3) is 5.69 Å². The lowest BCUT2D eigenvalue weighted by atomic mass is 10.3. The maximum Gasteiger partial charge on any atom is 0.514 e. The SMILES string of the molecule is Cc1cnn(-c2ccc(OC(=O)OC(C)C(F)(F)F)cc2)c1. The fourth-order valence-electron chi connectivity index (χ4n) is 1.55. The highest BCUT2D eigenvalue weighted by Gasteiger charge is 2.39. The zero-order valence-electron chi connectivity index (χ0n) is 11.8. The normalized spacial score (nSPS) is 12.8. The highest BCUT2D eigenvalue weighted by Crippen LogP contribution is 2.23. The molecule has 1 aromatic heterocycles. The van der Waals surface area contributed by atoms with Crippen LogP contribution in [0.5, 0.6) is 5.75 Å². The highest BCUT2D eigenvalue weighted by molar-refractivity contribution is 5.64. The van der Waals surface area contributed by atoms with Crippen LogP contribution in [0.1, 0.15) is 12.5 Å². The molecule has 2 rings (SSSR count). The van der Waals surface area contributed by atoms with Crippen LogP contribution < -0.4 is 4.74 Å². The molecule has 0 saturated heterocycles. The van der Waals surface area contributed by atoms with Gasteiger partial charge in [0.15, 0.2) is 6.10 Å². The molecule has 0 radical (unpaired) electrons. The molecule has 0 N–H and O–H groups in total. The summed E-state index contributed by atoms with van der Waals surface area (Å²) in [6.45, 7) is 2.61. The largest absolute Gasteiger partial charge is 0.514 e. The second kappa shape index (κ2) is 6.08. The van der Waals surface area contributed by atoms with E-state index in [-0.39, 0.29) is 5.75 Å². The minimum absolute atomic E-state index is 0.0759. The second-order valence-electron chi connectivity index (χ2n) is 4.61. The van der Waals surface area contributed by atoms with Crippen molar-refractivity contribution in [1.29, 1.82) is 0 Å². The van der Waals surface area contributed by atoms with Crippen molar-refractivity contribution < 1.29 is 27.4 Å². The molecule has 0 aliphatic carbocycles. The molecule has 1 unspecified atom stereocenters. The van der Waals surface area contributed by atoms with Gasteiger partial charge in [0.05, 0.1) is 11.9 Å². The fraction of sp³-hybridized carbons (Fsp3) is 0.286. The highest BCUT2D eigenvalue weighted by atomic mass is 19.4. The number of carbonyl (C=O) groups excluding carboxylic acids is 1. The van der Waals surface area contributed by atoms with Crippen molar-refractivity contribution in [3.8, 4) is 11.4 Å². The van der Waals surface area contributed by atoms with E-state index in [1.165, 1.54) is 12.1 Å². The molecule has 0 saturated carbocycles. The Morgan fingerprint density at radius 2 is 1.91 bits per heavy atom. The molecule has 0 spiro atoms. The van der Waals surface area contributed by atoms with Crippen LogP contribution >= 0.6 is 0 Å². The van der Waals surface area contributed by atoms with Crippen molar-refractivity contribution in [2.45, 2.75) is 26.1 Å². The van der Waals surface area contributed by atoms with Gasteiger partial charge in [-0.05, 0) is 43.7 Å². The number of benzene rings is 1. The molecule has 0 amide bonds. The standard InChI is InChI=1S/C14H13F3N2O3/c1-9-7-18-19(8-9)11-3-5-12(6-4-11)22-13(20)21-10(2)14(15,16)17/h3-8,10H,1-2H3. The fourth-order valence-corrected chi connectivity index (χ4v) is 1.55. The Labute approximate surface area is 124 Å². The van der Waals surface area contributed by atoms with Crippen molar-refractivity contribution in [2.24, 2.45) is 0 Å². The van der Waals surface area contributed by atoms with E-state index >= 15 is 0 Å². The van der Waals surface area contributed by atoms with Crippen LogP contribution in [0.15, 0.2) is 36.7 Å². The van der Waals surface area contributed by atoms with Gasteiger partial charge in [-0.3, -0.25) is 0 Å². The monoisotopic (exact) mass is 314 g/mol. The van der Waals surface area contributed by atoms with Gasteiger partial charge < -0.3 is 9.47 Å². The van der Waals surface area contributed by atoms with Crippen LogP contribution in [0.3, 0.4) is 0 Å². The average molecular weight is 314 g/mol. The molecule has 0 fully saturated rings. The summed E-state index contributed by atoms with van der Waals surface area (Å²) in [7, 11) is 0. The zero-order valence-corrected chi connectivity index (χ0v) is 11.8. The number of hydrogen-bond donors (Lipinski definition) is 0. The Morgan fingerprint density at radius 3 is 2.41 bits per heavy atom. The average Bonchev–Trinajstić information content (AvgIpc) is 2.85. The van der Waals surface area contributed by atoms with E-state index in [0.717, 1.165) is 18.2 Å². The number of alkyl halides is 3. The maximum atomic E-state index is 12.2. The summed E-state index contributed by atoms with van der Waals surface area (Å²) in [6, 6.07) is 6.10. The number of ether oxygens (including phenoxy) is 2. The molecule has 1 aromatic carbocycles. The van der Waals surface area contributed by atoms with Crippen molar-refractivity contribution >= 4 is 6.16 Å². The number of nitrogens with zero attached hydrogens (tertiary/aromatic N) is 2. The molecule has 1 heterocycles. The zero-order chi connectivity index (χ0) is 16.3. The first-order valence-corrected chi connectivity index (χ1v) is 6.32. The third-order valence-electron chi connectivity index (χ3n) is 2.75. The lowest BCUT2D eigenvalue weighted by molar-refractivity contribution is -0.200. The van der Waals surface area contributed by atoms with Gasteiger partial charge >= 0.3 is 12.3 Å². The van der Waals surface area contributed by atoms with Crippen molar-refractivity contribution in [2.75, 3.05) is 0 Å². The Morgan fingerprint density at radius 1 is 1.27 bits per heavy atom. The summed E-state index contributed by atoms with van der Waals surface area (Å²) >= 11 is 0. The van der Waals surface area contributed by atoms with E-state index in [4.69, 9.17) is 0 Å². The smallest absolute Gasteiger partial charge is 0.421 e. The quantitative estimate of drug-likeness (QED) is 0.641. The minimum Gasteiger partial charge on any atom is -0.421 e. The third kappa shape index (κ3) is 4.00. The molecular weight excluding hydrogens is 301 g/mol. The molecule has 118 valence electrons. The van der Waals surface area contributed by atoms with E-state index in [1.807, 2.05) is 6.92 Å². The molecule has 0 aliphatic rings. The van der Waals surface area contributed by atoms with Gasteiger partial charge in [-0.2, -0.15) is 18.3 Å². The van der Waals surface area contributed by atoms with Crippen LogP contribution in [0.4, 0.5) is 18.0 Å². The van der Waals surface area contributed by atoms with Gasteiger partial charge in [-0.25, -0.2) is 9.48 Å². The lowest BCUT2D eigenvalue weighted by Crippen LogP contribution is -2.31. The number of halogens is 3. The van der Waals surface area contributed by atoms with Crippen molar-refractivity contribution in [3.05, 3.63) is 42.2 Å². The van der Waals surface area contributed by atoms with Gasteiger partial charge in [-0.15, -0.1) is 0 Å². The predicted octanol–water partition coefficient (Wildman–Crippen LogP) is 3.65. The maximum absolute atomic E-state index is 12.2. The molecule has 5 nitrogen and oxygen atoms in total. The van der Waals surface area contributed by atoms with E-state index in [2.05, 4.69) is 14.6 Å². The first-order chi connectivity index (χ1) is 10.3. The molecule has 1 atom stereocenters. The van der Waals surface area contributed by atoms with E-state index < -0.39 is 18.4 Å². The summed E-state index contributed by atoms with van der Waals surface area (Å²) in [5.41, 5.74) is 1.70. The predicted molar refractivity (Wildman–Crippen MR) is 70.9 cm³/mol. The Bertz CT molecular complexity index is 650. The van der Waals surface area contributed by atoms with Gasteiger partial charge in [0.2, 0.25) is 0 Å². The summed E-state index contributed by atoms with van der Waals surface area (Å²) in [5, 5.41) is 4.10. The van der Waals surface area contributed by atoms with E-state index in [9.17, 15) is 18.0 Å². The van der Waals surface area contributed by atoms with Crippen molar-refractivity contribution in [3.63, 3.8) is 0 Å². The summed E-state index contributed by atoms with van der Waals surface area (Å²) in [6.07, 6.45) is -4.78. The van der Waals surface area contributed by atoms with Gasteiger partial charge in [-0.1, -0.05) is 0 Å². The van der Waals surface area contributed by atoms with Crippen LogP contribution in [-0.4, -0.2) is 28.2 Å². The first kappa shape index (κ1) is 15.9. The molecular formula is C14H13F3N2O3. The lowest BCUT2D eigenvalue weighted by Gasteiger charge is -2.15. The molecule has 2 aromatic rings.